The number of benzene rings is 1. The average Bonchev–Trinajstić information content (AvgIpc) is 2.31. The van der Waals surface area contributed by atoms with Crippen LogP contribution in [0.4, 0.5) is 14.5 Å². The standard InChI is InChI=1S/C10H14F2N2O3S/c1-2-17-6-5-14-18(15,16)8-4-3-7(11)10(13)9(8)12/h3-4,14H,2,5-6,13H2,1H3. The van der Waals surface area contributed by atoms with Crippen molar-refractivity contribution in [2.45, 2.75) is 11.8 Å². The fraction of sp³-hybridized carbons (Fsp3) is 0.400. The highest BCUT2D eigenvalue weighted by molar-refractivity contribution is 7.89. The van der Waals surface area contributed by atoms with E-state index in [-0.39, 0.29) is 13.2 Å². The molecule has 0 amide bonds. The van der Waals surface area contributed by atoms with Crippen molar-refractivity contribution in [1.29, 1.82) is 0 Å². The van der Waals surface area contributed by atoms with Gasteiger partial charge in [-0.3, -0.25) is 0 Å². The van der Waals surface area contributed by atoms with Crippen LogP contribution in [0.1, 0.15) is 6.92 Å². The summed E-state index contributed by atoms with van der Waals surface area (Å²) in [6.45, 7) is 2.36. The van der Waals surface area contributed by atoms with Gasteiger partial charge in [0.2, 0.25) is 10.0 Å². The molecule has 0 spiro atoms. The first-order valence-electron chi connectivity index (χ1n) is 5.21. The smallest absolute Gasteiger partial charge is 0.243 e. The summed E-state index contributed by atoms with van der Waals surface area (Å²) in [5.74, 6) is -2.29. The first-order valence-corrected chi connectivity index (χ1v) is 6.69. The third-order valence-corrected chi connectivity index (χ3v) is 3.60. The minimum Gasteiger partial charge on any atom is -0.394 e. The summed E-state index contributed by atoms with van der Waals surface area (Å²) >= 11 is 0. The lowest BCUT2D eigenvalue weighted by atomic mass is 10.3. The van der Waals surface area contributed by atoms with E-state index in [0.29, 0.717) is 6.61 Å². The van der Waals surface area contributed by atoms with Gasteiger partial charge in [0.25, 0.3) is 0 Å². The molecular formula is C10H14F2N2O3S. The third-order valence-electron chi connectivity index (χ3n) is 2.12. The number of halogens is 2. The van der Waals surface area contributed by atoms with E-state index in [1.54, 1.807) is 6.92 Å². The lowest BCUT2D eigenvalue weighted by Crippen LogP contribution is -2.28. The number of nitrogens with one attached hydrogen (secondary N) is 1. The average molecular weight is 280 g/mol. The Kier molecular flexibility index (Phi) is 5.00. The molecule has 3 N–H and O–H groups in total. The van der Waals surface area contributed by atoms with E-state index in [4.69, 9.17) is 10.5 Å². The number of hydrogen-bond acceptors (Lipinski definition) is 4. The van der Waals surface area contributed by atoms with Crippen molar-refractivity contribution in [3.05, 3.63) is 23.8 Å². The van der Waals surface area contributed by atoms with Gasteiger partial charge in [0.05, 0.1) is 6.61 Å². The molecule has 5 nitrogen and oxygen atoms in total. The molecule has 0 bridgehead atoms. The van der Waals surface area contributed by atoms with Crippen molar-refractivity contribution >= 4 is 15.7 Å². The van der Waals surface area contributed by atoms with Crippen molar-refractivity contribution < 1.29 is 21.9 Å². The van der Waals surface area contributed by atoms with E-state index < -0.39 is 32.2 Å². The van der Waals surface area contributed by atoms with Gasteiger partial charge in [0.1, 0.15) is 16.4 Å². The maximum atomic E-state index is 13.5. The Morgan fingerprint density at radius 3 is 2.67 bits per heavy atom. The van der Waals surface area contributed by atoms with Crippen molar-refractivity contribution in [2.75, 3.05) is 25.5 Å². The zero-order valence-corrected chi connectivity index (χ0v) is 10.6. The lowest BCUT2D eigenvalue weighted by molar-refractivity contribution is 0.153. The van der Waals surface area contributed by atoms with Crippen LogP contribution in [0, 0.1) is 11.6 Å². The molecule has 0 unspecified atom stereocenters. The number of nitrogens with two attached hydrogens (primary N) is 1. The number of sulfonamides is 1. The Labute approximate surface area is 104 Å². The van der Waals surface area contributed by atoms with Crippen LogP contribution in [0.3, 0.4) is 0 Å². The van der Waals surface area contributed by atoms with E-state index in [9.17, 15) is 17.2 Å². The van der Waals surface area contributed by atoms with Crippen LogP contribution in [-0.2, 0) is 14.8 Å². The zero-order chi connectivity index (χ0) is 13.8. The maximum Gasteiger partial charge on any atom is 0.243 e. The first kappa shape index (κ1) is 14.8. The van der Waals surface area contributed by atoms with Crippen LogP contribution in [0.2, 0.25) is 0 Å². The highest BCUT2D eigenvalue weighted by Gasteiger charge is 2.21. The summed E-state index contributed by atoms with van der Waals surface area (Å²) < 4.78 is 56.9. The Morgan fingerprint density at radius 1 is 1.39 bits per heavy atom. The van der Waals surface area contributed by atoms with Crippen molar-refractivity contribution in [1.82, 2.24) is 4.72 Å². The van der Waals surface area contributed by atoms with Gasteiger partial charge in [0.15, 0.2) is 5.82 Å². The van der Waals surface area contributed by atoms with E-state index in [1.165, 1.54) is 0 Å². The Bertz CT molecular complexity index is 520. The second-order valence-corrected chi connectivity index (χ2v) is 5.10. The zero-order valence-electron chi connectivity index (χ0n) is 9.74. The highest BCUT2D eigenvalue weighted by Crippen LogP contribution is 2.22. The van der Waals surface area contributed by atoms with Crippen LogP contribution < -0.4 is 10.5 Å². The maximum absolute atomic E-state index is 13.5. The second kappa shape index (κ2) is 6.07. The third kappa shape index (κ3) is 3.37. The summed E-state index contributed by atoms with van der Waals surface area (Å²) in [5.41, 5.74) is 4.27. The summed E-state index contributed by atoms with van der Waals surface area (Å²) in [4.78, 5) is -0.683. The minimum absolute atomic E-state index is 0.00705. The summed E-state index contributed by atoms with van der Waals surface area (Å²) in [5, 5.41) is 0. The predicted octanol–water partition coefficient (Wildman–Crippen LogP) is 0.862. The van der Waals surface area contributed by atoms with Gasteiger partial charge in [-0.2, -0.15) is 0 Å². The van der Waals surface area contributed by atoms with Gasteiger partial charge >= 0.3 is 0 Å². The highest BCUT2D eigenvalue weighted by atomic mass is 32.2. The van der Waals surface area contributed by atoms with E-state index in [0.717, 1.165) is 12.1 Å². The van der Waals surface area contributed by atoms with Gasteiger partial charge < -0.3 is 10.5 Å². The molecule has 0 radical (unpaired) electrons. The minimum atomic E-state index is -4.06. The normalized spacial score (nSPS) is 11.7. The lowest BCUT2D eigenvalue weighted by Gasteiger charge is -2.09. The van der Waals surface area contributed by atoms with Crippen molar-refractivity contribution in [3.8, 4) is 0 Å². The molecule has 1 aromatic rings. The topological polar surface area (TPSA) is 81.4 Å². The van der Waals surface area contributed by atoms with Crippen LogP contribution in [-0.4, -0.2) is 28.2 Å². The van der Waals surface area contributed by atoms with Gasteiger partial charge in [-0.15, -0.1) is 0 Å². The Balaban J connectivity index is 2.89. The predicted molar refractivity (Wildman–Crippen MR) is 62.5 cm³/mol. The van der Waals surface area contributed by atoms with Crippen LogP contribution in [0.25, 0.3) is 0 Å². The Morgan fingerprint density at radius 2 is 2.06 bits per heavy atom. The Hall–Kier alpha value is -1.25. The summed E-state index contributed by atoms with van der Waals surface area (Å²) in [6, 6.07) is 1.62. The molecule has 1 rings (SSSR count). The second-order valence-electron chi connectivity index (χ2n) is 3.37. The molecule has 0 aliphatic heterocycles. The van der Waals surface area contributed by atoms with Crippen molar-refractivity contribution in [3.63, 3.8) is 0 Å². The summed E-state index contributed by atoms with van der Waals surface area (Å²) in [7, 11) is -4.06. The summed E-state index contributed by atoms with van der Waals surface area (Å²) in [6.07, 6.45) is 0. The van der Waals surface area contributed by atoms with Crippen molar-refractivity contribution in [2.24, 2.45) is 0 Å². The van der Waals surface area contributed by atoms with Gasteiger partial charge in [0, 0.05) is 13.2 Å². The molecule has 0 atom stereocenters. The molecule has 18 heavy (non-hydrogen) atoms. The monoisotopic (exact) mass is 280 g/mol. The van der Waals surface area contributed by atoms with Crippen LogP contribution >= 0.6 is 0 Å². The number of anilines is 1. The SMILES string of the molecule is CCOCCNS(=O)(=O)c1ccc(F)c(N)c1F. The fourth-order valence-corrected chi connectivity index (χ4v) is 2.33. The molecule has 0 aliphatic carbocycles. The first-order chi connectivity index (χ1) is 8.40. The quantitative estimate of drug-likeness (QED) is 0.598. The van der Waals surface area contributed by atoms with E-state index in [2.05, 4.69) is 4.72 Å². The van der Waals surface area contributed by atoms with Crippen LogP contribution in [0.15, 0.2) is 17.0 Å². The van der Waals surface area contributed by atoms with Gasteiger partial charge in [-0.25, -0.2) is 21.9 Å². The number of ether oxygens (including phenoxy) is 1. The number of hydrogen-bond donors (Lipinski definition) is 2. The van der Waals surface area contributed by atoms with Crippen LogP contribution in [0.5, 0.6) is 0 Å². The largest absolute Gasteiger partial charge is 0.394 e. The molecule has 1 aromatic carbocycles. The molecule has 0 heterocycles. The number of nitrogen functional groups attached to an aromatic ring is 1. The molecule has 0 saturated carbocycles. The van der Waals surface area contributed by atoms with Gasteiger partial charge in [-0.1, -0.05) is 0 Å². The molecule has 0 fully saturated rings. The van der Waals surface area contributed by atoms with E-state index >= 15 is 0 Å². The molecule has 8 heteroatoms. The molecule has 0 aliphatic rings. The molecule has 0 saturated heterocycles. The fourth-order valence-electron chi connectivity index (χ4n) is 1.23. The molecule has 102 valence electrons. The molecular weight excluding hydrogens is 266 g/mol. The van der Waals surface area contributed by atoms with E-state index in [1.807, 2.05) is 0 Å². The molecule has 0 aromatic heterocycles. The number of rotatable bonds is 6. The van der Waals surface area contributed by atoms with Gasteiger partial charge in [-0.05, 0) is 19.1 Å².